The SMILES string of the molecule is NC1CCC(CN2CCN(c3ccc4c(c3)C(=O)N(C3CCC(=O)NC3=O)C4=O)CC2)CC1.O=C(O)C(F)(F)F. The zero-order chi connectivity index (χ0) is 29.2. The summed E-state index contributed by atoms with van der Waals surface area (Å²) in [5, 5.41) is 9.35. The molecule has 1 aromatic carbocycles. The van der Waals surface area contributed by atoms with Crippen molar-refractivity contribution in [2.45, 2.75) is 56.8 Å². The summed E-state index contributed by atoms with van der Waals surface area (Å²) in [5.74, 6) is -3.90. The van der Waals surface area contributed by atoms with Gasteiger partial charge in [-0.3, -0.25) is 34.3 Å². The Morgan fingerprint density at radius 2 is 1.55 bits per heavy atom. The number of carbonyl (C=O) groups is 5. The summed E-state index contributed by atoms with van der Waals surface area (Å²) in [5.41, 5.74) is 7.61. The van der Waals surface area contributed by atoms with Crippen molar-refractivity contribution in [3.63, 3.8) is 0 Å². The summed E-state index contributed by atoms with van der Waals surface area (Å²) in [6, 6.07) is 4.79. The molecule has 4 aliphatic rings. The fraction of sp³-hybridized carbons (Fsp3) is 0.577. The summed E-state index contributed by atoms with van der Waals surface area (Å²) in [6.45, 7) is 4.79. The quantitative estimate of drug-likeness (QED) is 0.458. The van der Waals surface area contributed by atoms with E-state index in [-0.39, 0.29) is 18.7 Å². The number of nitrogens with one attached hydrogen (secondary N) is 1. The number of hydrogen-bond donors (Lipinski definition) is 3. The lowest BCUT2D eigenvalue weighted by Gasteiger charge is -2.38. The molecule has 40 heavy (non-hydrogen) atoms. The zero-order valence-corrected chi connectivity index (χ0v) is 21.8. The highest BCUT2D eigenvalue weighted by atomic mass is 19.4. The molecule has 1 saturated carbocycles. The van der Waals surface area contributed by atoms with Gasteiger partial charge in [0.25, 0.3) is 11.8 Å². The van der Waals surface area contributed by atoms with Gasteiger partial charge in [-0.15, -0.1) is 0 Å². The van der Waals surface area contributed by atoms with Crippen LogP contribution in [0.3, 0.4) is 0 Å². The molecular formula is C26H32F3N5O6. The number of carboxylic acid groups (broad SMARTS) is 1. The van der Waals surface area contributed by atoms with Gasteiger partial charge in [0.1, 0.15) is 6.04 Å². The minimum Gasteiger partial charge on any atom is -0.475 e. The van der Waals surface area contributed by atoms with E-state index in [0.29, 0.717) is 17.2 Å². The number of carboxylic acids is 1. The fourth-order valence-electron chi connectivity index (χ4n) is 5.58. The first-order valence-corrected chi connectivity index (χ1v) is 13.2. The number of carbonyl (C=O) groups excluding carboxylic acids is 4. The summed E-state index contributed by atoms with van der Waals surface area (Å²) in [7, 11) is 0. The number of imide groups is 2. The molecule has 0 radical (unpaired) electrons. The Bertz CT molecular complexity index is 1180. The van der Waals surface area contributed by atoms with Crippen LogP contribution < -0.4 is 16.0 Å². The third-order valence-corrected chi connectivity index (χ3v) is 7.81. The first-order valence-electron chi connectivity index (χ1n) is 13.2. The third kappa shape index (κ3) is 6.61. The molecule has 1 atom stereocenters. The van der Waals surface area contributed by atoms with E-state index in [1.54, 1.807) is 12.1 Å². The van der Waals surface area contributed by atoms with E-state index in [2.05, 4.69) is 15.1 Å². The van der Waals surface area contributed by atoms with E-state index in [4.69, 9.17) is 15.6 Å². The summed E-state index contributed by atoms with van der Waals surface area (Å²) < 4.78 is 31.7. The number of amides is 4. The van der Waals surface area contributed by atoms with Gasteiger partial charge in [-0.1, -0.05) is 0 Å². The van der Waals surface area contributed by atoms with Gasteiger partial charge >= 0.3 is 12.1 Å². The second-order valence-electron chi connectivity index (χ2n) is 10.5. The van der Waals surface area contributed by atoms with E-state index in [1.807, 2.05) is 6.07 Å². The Balaban J connectivity index is 0.000000470. The number of rotatable bonds is 4. The molecule has 0 spiro atoms. The predicted molar refractivity (Wildman–Crippen MR) is 135 cm³/mol. The average molecular weight is 568 g/mol. The molecular weight excluding hydrogens is 535 g/mol. The molecule has 0 aromatic heterocycles. The van der Waals surface area contributed by atoms with Crippen molar-refractivity contribution in [3.8, 4) is 0 Å². The maximum Gasteiger partial charge on any atom is 0.490 e. The molecule has 1 aromatic rings. The van der Waals surface area contributed by atoms with E-state index in [1.165, 1.54) is 12.8 Å². The highest BCUT2D eigenvalue weighted by Gasteiger charge is 2.45. The second-order valence-corrected chi connectivity index (χ2v) is 10.5. The number of piperazine rings is 1. The third-order valence-electron chi connectivity index (χ3n) is 7.81. The van der Waals surface area contributed by atoms with Gasteiger partial charge in [-0.05, 0) is 56.2 Å². The van der Waals surface area contributed by atoms with Crippen LogP contribution >= 0.6 is 0 Å². The van der Waals surface area contributed by atoms with Crippen molar-refractivity contribution >= 4 is 35.3 Å². The van der Waals surface area contributed by atoms with Crippen LogP contribution in [-0.4, -0.2) is 95.5 Å². The van der Waals surface area contributed by atoms with Gasteiger partial charge in [0, 0.05) is 50.9 Å². The normalized spacial score (nSPS) is 25.8. The number of hydrogen-bond acceptors (Lipinski definition) is 8. The molecule has 11 nitrogen and oxygen atoms in total. The van der Waals surface area contributed by atoms with Crippen molar-refractivity contribution in [3.05, 3.63) is 29.3 Å². The smallest absolute Gasteiger partial charge is 0.475 e. The lowest BCUT2D eigenvalue weighted by molar-refractivity contribution is -0.192. The minimum atomic E-state index is -5.08. The maximum atomic E-state index is 13.1. The van der Waals surface area contributed by atoms with E-state index < -0.39 is 35.9 Å². The first kappa shape index (κ1) is 29.5. The molecule has 0 bridgehead atoms. The van der Waals surface area contributed by atoms with E-state index >= 15 is 0 Å². The Morgan fingerprint density at radius 1 is 0.950 bits per heavy atom. The number of piperidine rings is 1. The maximum absolute atomic E-state index is 13.1. The Labute approximate surface area is 228 Å². The number of alkyl halides is 3. The topological polar surface area (TPSA) is 153 Å². The molecule has 3 heterocycles. The standard InChI is InChI=1S/C24H31N5O4.C2HF3O2/c25-16-3-1-15(2-4-16)14-27-9-11-28(12-10-27)17-5-6-18-19(13-17)24(33)29(23(18)32)20-7-8-21(30)26-22(20)31;3-2(4,5)1(6)7/h5-6,13,15-16,20H,1-4,7-12,14,25H2,(H,26,30,31);(H,6,7). The van der Waals surface area contributed by atoms with Gasteiger partial charge in [0.15, 0.2) is 0 Å². The number of nitrogens with two attached hydrogens (primary N) is 1. The molecule has 2 saturated heterocycles. The van der Waals surface area contributed by atoms with Gasteiger partial charge in [0.2, 0.25) is 11.8 Å². The van der Waals surface area contributed by atoms with Crippen LogP contribution in [0.15, 0.2) is 18.2 Å². The monoisotopic (exact) mass is 567 g/mol. The van der Waals surface area contributed by atoms with Gasteiger partial charge in [-0.25, -0.2) is 4.79 Å². The van der Waals surface area contributed by atoms with Gasteiger partial charge in [0.05, 0.1) is 11.1 Å². The predicted octanol–water partition coefficient (Wildman–Crippen LogP) is 1.36. The number of fused-ring (bicyclic) bond motifs is 1. The van der Waals surface area contributed by atoms with Crippen LogP contribution in [0.5, 0.6) is 0 Å². The summed E-state index contributed by atoms with van der Waals surface area (Å²) in [4.78, 5) is 64.3. The van der Waals surface area contributed by atoms with Crippen molar-refractivity contribution in [1.29, 1.82) is 0 Å². The number of halogens is 3. The van der Waals surface area contributed by atoms with Crippen LogP contribution in [0.1, 0.15) is 59.2 Å². The highest BCUT2D eigenvalue weighted by molar-refractivity contribution is 6.23. The molecule has 218 valence electrons. The zero-order valence-electron chi connectivity index (χ0n) is 21.8. The lowest BCUT2D eigenvalue weighted by atomic mass is 9.86. The minimum absolute atomic E-state index is 0.118. The molecule has 1 unspecified atom stereocenters. The molecule has 3 aliphatic heterocycles. The van der Waals surface area contributed by atoms with Crippen LogP contribution in [0, 0.1) is 5.92 Å². The molecule has 3 fully saturated rings. The Hall–Kier alpha value is -3.52. The van der Waals surface area contributed by atoms with E-state index in [9.17, 15) is 32.3 Å². The number of anilines is 1. The lowest BCUT2D eigenvalue weighted by Crippen LogP contribution is -2.54. The van der Waals surface area contributed by atoms with Gasteiger partial charge in [-0.2, -0.15) is 13.2 Å². The van der Waals surface area contributed by atoms with Crippen molar-refractivity contribution in [1.82, 2.24) is 15.1 Å². The number of benzene rings is 1. The van der Waals surface area contributed by atoms with E-state index in [0.717, 1.165) is 62.1 Å². The Morgan fingerprint density at radius 3 is 2.12 bits per heavy atom. The van der Waals surface area contributed by atoms with Crippen LogP contribution in [0.4, 0.5) is 18.9 Å². The van der Waals surface area contributed by atoms with Crippen molar-refractivity contribution in [2.24, 2.45) is 11.7 Å². The molecule has 4 N–H and O–H groups in total. The molecule has 4 amide bonds. The first-order chi connectivity index (χ1) is 18.8. The number of nitrogens with zero attached hydrogens (tertiary/aromatic N) is 3. The molecule has 1 aliphatic carbocycles. The van der Waals surface area contributed by atoms with Crippen molar-refractivity contribution in [2.75, 3.05) is 37.6 Å². The summed E-state index contributed by atoms with van der Waals surface area (Å²) in [6.07, 6.45) is -0.117. The van der Waals surface area contributed by atoms with Crippen LogP contribution in [0.2, 0.25) is 0 Å². The largest absolute Gasteiger partial charge is 0.490 e. The molecule has 14 heteroatoms. The number of aliphatic carboxylic acids is 1. The van der Waals surface area contributed by atoms with Crippen LogP contribution in [0.25, 0.3) is 0 Å². The highest BCUT2D eigenvalue weighted by Crippen LogP contribution is 2.31. The van der Waals surface area contributed by atoms with Gasteiger partial charge < -0.3 is 15.7 Å². The van der Waals surface area contributed by atoms with Crippen LogP contribution in [-0.2, 0) is 14.4 Å². The second kappa shape index (κ2) is 11.9. The van der Waals surface area contributed by atoms with Crippen molar-refractivity contribution < 1.29 is 42.3 Å². The summed E-state index contributed by atoms with van der Waals surface area (Å²) >= 11 is 0. The fourth-order valence-corrected chi connectivity index (χ4v) is 5.58. The average Bonchev–Trinajstić information content (AvgIpc) is 3.15. The molecule has 5 rings (SSSR count). The Kier molecular flexibility index (Phi) is 8.78.